The molecule has 0 radical (unpaired) electrons. The minimum atomic E-state index is -0.467. The molecule has 0 atom stereocenters. The Labute approximate surface area is 133 Å². The number of benzene rings is 1. The molecule has 1 heterocycles. The summed E-state index contributed by atoms with van der Waals surface area (Å²) in [6, 6.07) is 8.34. The first-order valence-electron chi connectivity index (χ1n) is 6.81. The van der Waals surface area contributed by atoms with Crippen molar-refractivity contribution < 1.29 is 14.3 Å². The standard InChI is InChI=1S/C16H16N4O3/c1-3-8-17-15(21)13-9-14(19-10-18-13)20-12-7-5-4-6-11(12)16(22)23-2/h3-7,9-10H,1,8H2,2H3,(H,17,21)(H,18,19,20). The molecule has 0 bridgehead atoms. The zero-order valence-electron chi connectivity index (χ0n) is 12.6. The van der Waals surface area contributed by atoms with E-state index < -0.39 is 5.97 Å². The second-order valence-electron chi connectivity index (χ2n) is 4.45. The van der Waals surface area contributed by atoms with Crippen LogP contribution in [0.1, 0.15) is 20.8 Å². The second kappa shape index (κ2) is 7.69. The van der Waals surface area contributed by atoms with E-state index in [1.807, 2.05) is 0 Å². The van der Waals surface area contributed by atoms with Crippen LogP contribution in [0.2, 0.25) is 0 Å². The molecule has 1 aromatic carbocycles. The molecule has 0 fully saturated rings. The second-order valence-corrected chi connectivity index (χ2v) is 4.45. The maximum Gasteiger partial charge on any atom is 0.339 e. The third-order valence-electron chi connectivity index (χ3n) is 2.90. The SMILES string of the molecule is C=CCNC(=O)c1cc(Nc2ccccc2C(=O)OC)ncn1. The molecule has 7 heteroatoms. The fraction of sp³-hybridized carbons (Fsp3) is 0.125. The van der Waals surface area contributed by atoms with Crippen LogP contribution >= 0.6 is 0 Å². The number of esters is 1. The van der Waals surface area contributed by atoms with E-state index in [9.17, 15) is 9.59 Å². The molecule has 2 N–H and O–H groups in total. The zero-order valence-corrected chi connectivity index (χ0v) is 12.6. The topological polar surface area (TPSA) is 93.2 Å². The Hall–Kier alpha value is -3.22. The molecule has 2 rings (SSSR count). The molecule has 7 nitrogen and oxygen atoms in total. The number of para-hydroxylation sites is 1. The van der Waals surface area contributed by atoms with E-state index in [0.29, 0.717) is 23.6 Å². The molecule has 118 valence electrons. The summed E-state index contributed by atoms with van der Waals surface area (Å²) >= 11 is 0. The van der Waals surface area contributed by atoms with Crippen LogP contribution in [0.15, 0.2) is 49.3 Å². The van der Waals surface area contributed by atoms with E-state index in [1.54, 1.807) is 30.3 Å². The van der Waals surface area contributed by atoms with Gasteiger partial charge in [-0.25, -0.2) is 14.8 Å². The zero-order chi connectivity index (χ0) is 16.7. The van der Waals surface area contributed by atoms with Crippen LogP contribution in [0.25, 0.3) is 0 Å². The van der Waals surface area contributed by atoms with Gasteiger partial charge in [-0.2, -0.15) is 0 Å². The number of methoxy groups -OCH3 is 1. The molecule has 0 spiro atoms. The summed E-state index contributed by atoms with van der Waals surface area (Å²) in [6.07, 6.45) is 2.84. The van der Waals surface area contributed by atoms with Crippen LogP contribution in [0.5, 0.6) is 0 Å². The molecule has 0 saturated carbocycles. The number of carbonyl (C=O) groups excluding carboxylic acids is 2. The average Bonchev–Trinajstić information content (AvgIpc) is 2.59. The van der Waals surface area contributed by atoms with Crippen LogP contribution in [0.3, 0.4) is 0 Å². The number of carbonyl (C=O) groups is 2. The lowest BCUT2D eigenvalue weighted by molar-refractivity contribution is 0.0601. The number of hydrogen-bond donors (Lipinski definition) is 2. The number of amides is 1. The van der Waals surface area contributed by atoms with Gasteiger partial charge < -0.3 is 15.4 Å². The summed E-state index contributed by atoms with van der Waals surface area (Å²) in [6.45, 7) is 3.87. The van der Waals surface area contributed by atoms with Crippen molar-refractivity contribution in [1.82, 2.24) is 15.3 Å². The van der Waals surface area contributed by atoms with Gasteiger partial charge in [0.15, 0.2) is 0 Å². The van der Waals surface area contributed by atoms with Gasteiger partial charge in [0.05, 0.1) is 18.4 Å². The Morgan fingerprint density at radius 1 is 1.30 bits per heavy atom. The number of nitrogens with zero attached hydrogens (tertiary/aromatic N) is 2. The van der Waals surface area contributed by atoms with Crippen LogP contribution in [0.4, 0.5) is 11.5 Å². The van der Waals surface area contributed by atoms with Crippen molar-refractivity contribution in [3.8, 4) is 0 Å². The number of rotatable bonds is 6. The van der Waals surface area contributed by atoms with Gasteiger partial charge in [-0.1, -0.05) is 18.2 Å². The van der Waals surface area contributed by atoms with Gasteiger partial charge in [-0.05, 0) is 12.1 Å². The highest BCUT2D eigenvalue weighted by atomic mass is 16.5. The average molecular weight is 312 g/mol. The number of aromatic nitrogens is 2. The first kappa shape index (κ1) is 16.2. The third kappa shape index (κ3) is 4.13. The fourth-order valence-corrected chi connectivity index (χ4v) is 1.82. The maximum absolute atomic E-state index is 11.9. The van der Waals surface area contributed by atoms with Crippen LogP contribution in [0, 0.1) is 0 Å². The monoisotopic (exact) mass is 312 g/mol. The molecule has 0 unspecified atom stereocenters. The molecule has 2 aromatic rings. The number of anilines is 2. The minimum absolute atomic E-state index is 0.208. The summed E-state index contributed by atoms with van der Waals surface area (Å²) in [5.74, 6) is -0.414. The van der Waals surface area contributed by atoms with Gasteiger partial charge in [0.2, 0.25) is 0 Å². The highest BCUT2D eigenvalue weighted by Crippen LogP contribution is 2.20. The van der Waals surface area contributed by atoms with Crippen molar-refractivity contribution in [2.75, 3.05) is 19.0 Å². The Kier molecular flexibility index (Phi) is 5.40. The minimum Gasteiger partial charge on any atom is -0.465 e. The quantitative estimate of drug-likeness (QED) is 0.625. The van der Waals surface area contributed by atoms with E-state index in [0.717, 1.165) is 0 Å². The first-order valence-corrected chi connectivity index (χ1v) is 6.81. The summed E-state index contributed by atoms with van der Waals surface area (Å²) in [5, 5.41) is 5.62. The predicted octanol–water partition coefficient (Wildman–Crippen LogP) is 1.92. The Morgan fingerprint density at radius 3 is 2.83 bits per heavy atom. The first-order chi connectivity index (χ1) is 11.2. The molecule has 0 aliphatic rings. The molecule has 0 saturated heterocycles. The van der Waals surface area contributed by atoms with E-state index in [4.69, 9.17) is 4.74 Å². The van der Waals surface area contributed by atoms with Crippen LogP contribution in [-0.2, 0) is 4.74 Å². The molecule has 1 amide bonds. The summed E-state index contributed by atoms with van der Waals surface area (Å²) < 4.78 is 4.74. The molecule has 1 aromatic heterocycles. The van der Waals surface area contributed by atoms with Gasteiger partial charge in [-0.3, -0.25) is 4.79 Å². The highest BCUT2D eigenvalue weighted by molar-refractivity contribution is 5.97. The number of nitrogens with one attached hydrogen (secondary N) is 2. The Bertz CT molecular complexity index is 731. The lowest BCUT2D eigenvalue weighted by Crippen LogP contribution is -2.24. The normalized spacial score (nSPS) is 9.78. The smallest absolute Gasteiger partial charge is 0.339 e. The maximum atomic E-state index is 11.9. The van der Waals surface area contributed by atoms with Gasteiger partial charge in [0, 0.05) is 12.6 Å². The summed E-state index contributed by atoms with van der Waals surface area (Å²) in [5.41, 5.74) is 1.10. The fourth-order valence-electron chi connectivity index (χ4n) is 1.82. The summed E-state index contributed by atoms with van der Waals surface area (Å²) in [4.78, 5) is 31.6. The molecular formula is C16H16N4O3. The predicted molar refractivity (Wildman–Crippen MR) is 85.6 cm³/mol. The molecule has 23 heavy (non-hydrogen) atoms. The lowest BCUT2D eigenvalue weighted by Gasteiger charge is -2.10. The van der Waals surface area contributed by atoms with Crippen LogP contribution < -0.4 is 10.6 Å². The van der Waals surface area contributed by atoms with Crippen molar-refractivity contribution in [3.05, 3.63) is 60.6 Å². The van der Waals surface area contributed by atoms with Crippen molar-refractivity contribution >= 4 is 23.4 Å². The van der Waals surface area contributed by atoms with Crippen molar-refractivity contribution in [1.29, 1.82) is 0 Å². The number of hydrogen-bond acceptors (Lipinski definition) is 6. The Morgan fingerprint density at radius 2 is 2.09 bits per heavy atom. The largest absolute Gasteiger partial charge is 0.465 e. The number of ether oxygens (including phenoxy) is 1. The summed E-state index contributed by atoms with van der Waals surface area (Å²) in [7, 11) is 1.31. The van der Waals surface area contributed by atoms with E-state index >= 15 is 0 Å². The molecular weight excluding hydrogens is 296 g/mol. The van der Waals surface area contributed by atoms with Crippen molar-refractivity contribution in [2.24, 2.45) is 0 Å². The third-order valence-corrected chi connectivity index (χ3v) is 2.90. The van der Waals surface area contributed by atoms with Crippen molar-refractivity contribution in [3.63, 3.8) is 0 Å². The van der Waals surface area contributed by atoms with Gasteiger partial charge in [0.1, 0.15) is 17.8 Å². The van der Waals surface area contributed by atoms with E-state index in [1.165, 1.54) is 19.5 Å². The highest BCUT2D eigenvalue weighted by Gasteiger charge is 2.13. The molecule has 0 aliphatic heterocycles. The van der Waals surface area contributed by atoms with Crippen molar-refractivity contribution in [2.45, 2.75) is 0 Å². The van der Waals surface area contributed by atoms with Gasteiger partial charge >= 0.3 is 5.97 Å². The lowest BCUT2D eigenvalue weighted by atomic mass is 10.2. The van der Waals surface area contributed by atoms with Gasteiger partial charge in [-0.15, -0.1) is 6.58 Å². The molecule has 0 aliphatic carbocycles. The Balaban J connectivity index is 2.23. The van der Waals surface area contributed by atoms with E-state index in [2.05, 4.69) is 27.2 Å². The van der Waals surface area contributed by atoms with Crippen LogP contribution in [-0.4, -0.2) is 35.5 Å². The van der Waals surface area contributed by atoms with Gasteiger partial charge in [0.25, 0.3) is 5.91 Å². The van der Waals surface area contributed by atoms with E-state index in [-0.39, 0.29) is 11.6 Å².